The molecule has 0 bridgehead atoms. The predicted molar refractivity (Wildman–Crippen MR) is 51.6 cm³/mol. The quantitative estimate of drug-likeness (QED) is 0.667. The molecule has 1 aliphatic rings. The summed E-state index contributed by atoms with van der Waals surface area (Å²) in [6.45, 7) is 0. The van der Waals surface area contributed by atoms with Crippen LogP contribution in [0.5, 0.6) is 0 Å². The van der Waals surface area contributed by atoms with Crippen LogP contribution < -0.4 is 5.73 Å². The van der Waals surface area contributed by atoms with E-state index in [2.05, 4.69) is 30.3 Å². The van der Waals surface area contributed by atoms with E-state index in [9.17, 15) is 0 Å². The fourth-order valence-corrected chi connectivity index (χ4v) is 1.52. The van der Waals surface area contributed by atoms with E-state index in [1.54, 1.807) is 0 Å². The molecule has 2 rings (SSSR count). The normalized spacial score (nSPS) is 21.8. The van der Waals surface area contributed by atoms with Crippen molar-refractivity contribution in [3.63, 3.8) is 0 Å². The predicted octanol–water partition coefficient (Wildman–Crippen LogP) is 2.19. The molecular formula is C11H13N. The number of hydrogen-bond acceptors (Lipinski definition) is 1. The molecule has 0 unspecified atom stereocenters. The summed E-state index contributed by atoms with van der Waals surface area (Å²) < 4.78 is 0. The fraction of sp³-hybridized carbons (Fsp3) is 0.273. The van der Waals surface area contributed by atoms with Crippen LogP contribution in [0.4, 0.5) is 0 Å². The van der Waals surface area contributed by atoms with E-state index in [0.717, 1.165) is 12.8 Å². The number of rotatable bonds is 1. The molecule has 1 heteroatoms. The highest BCUT2D eigenvalue weighted by Gasteiger charge is 2.17. The summed E-state index contributed by atoms with van der Waals surface area (Å²) in [4.78, 5) is 0. The van der Waals surface area contributed by atoms with Gasteiger partial charge in [0.1, 0.15) is 0 Å². The molecule has 0 aliphatic heterocycles. The minimum absolute atomic E-state index is 0.417. The van der Waals surface area contributed by atoms with Gasteiger partial charge < -0.3 is 5.73 Å². The van der Waals surface area contributed by atoms with Gasteiger partial charge in [-0.3, -0.25) is 0 Å². The zero-order valence-corrected chi connectivity index (χ0v) is 7.03. The second kappa shape index (κ2) is 3.11. The molecule has 2 N–H and O–H groups in total. The molecule has 1 aromatic rings. The second-order valence-corrected chi connectivity index (χ2v) is 3.38. The molecular weight excluding hydrogens is 146 g/mol. The Kier molecular flexibility index (Phi) is 1.96. The lowest BCUT2D eigenvalue weighted by Gasteiger charge is -2.25. The summed E-state index contributed by atoms with van der Waals surface area (Å²) in [5.41, 5.74) is 8.45. The van der Waals surface area contributed by atoms with E-state index >= 15 is 0 Å². The van der Waals surface area contributed by atoms with Crippen molar-refractivity contribution >= 4 is 6.08 Å². The van der Waals surface area contributed by atoms with Gasteiger partial charge in [0, 0.05) is 6.04 Å². The van der Waals surface area contributed by atoms with Gasteiger partial charge in [0.15, 0.2) is 0 Å². The first-order chi connectivity index (χ1) is 5.84. The molecule has 1 aromatic carbocycles. The smallest absolute Gasteiger partial charge is 0.0114 e. The van der Waals surface area contributed by atoms with Crippen LogP contribution in [-0.4, -0.2) is 6.04 Å². The van der Waals surface area contributed by atoms with Crippen molar-refractivity contribution in [1.82, 2.24) is 0 Å². The third-order valence-corrected chi connectivity index (χ3v) is 2.22. The van der Waals surface area contributed by atoms with Gasteiger partial charge in [0.05, 0.1) is 0 Å². The molecule has 0 heterocycles. The Morgan fingerprint density at radius 1 is 1.17 bits per heavy atom. The van der Waals surface area contributed by atoms with Gasteiger partial charge in [0.25, 0.3) is 0 Å². The molecule has 0 spiro atoms. The van der Waals surface area contributed by atoms with Crippen molar-refractivity contribution in [3.8, 4) is 0 Å². The summed E-state index contributed by atoms with van der Waals surface area (Å²) in [7, 11) is 0. The first kappa shape index (κ1) is 7.56. The van der Waals surface area contributed by atoms with Gasteiger partial charge in [-0.25, -0.2) is 0 Å². The topological polar surface area (TPSA) is 26.0 Å². The number of hydrogen-bond donors (Lipinski definition) is 1. The lowest BCUT2D eigenvalue weighted by molar-refractivity contribution is 0.547. The van der Waals surface area contributed by atoms with E-state index in [-0.39, 0.29) is 0 Å². The van der Waals surface area contributed by atoms with Crippen LogP contribution in [0.2, 0.25) is 0 Å². The Hall–Kier alpha value is -1.08. The molecule has 1 aliphatic carbocycles. The maximum absolute atomic E-state index is 5.68. The minimum atomic E-state index is 0.417. The number of benzene rings is 1. The summed E-state index contributed by atoms with van der Waals surface area (Å²) in [6.07, 6.45) is 4.40. The fourth-order valence-electron chi connectivity index (χ4n) is 1.52. The van der Waals surface area contributed by atoms with Gasteiger partial charge in [-0.1, -0.05) is 42.0 Å². The highest BCUT2D eigenvalue weighted by molar-refractivity contribution is 5.54. The summed E-state index contributed by atoms with van der Waals surface area (Å²) in [6, 6.07) is 10.8. The van der Waals surface area contributed by atoms with Crippen LogP contribution in [0.3, 0.4) is 0 Å². The van der Waals surface area contributed by atoms with Crippen molar-refractivity contribution < 1.29 is 0 Å². The van der Waals surface area contributed by atoms with Crippen LogP contribution in [0.1, 0.15) is 18.4 Å². The van der Waals surface area contributed by atoms with Gasteiger partial charge >= 0.3 is 0 Å². The van der Waals surface area contributed by atoms with Gasteiger partial charge in [0.2, 0.25) is 0 Å². The Balaban J connectivity index is 2.09. The van der Waals surface area contributed by atoms with Crippen LogP contribution >= 0.6 is 0 Å². The van der Waals surface area contributed by atoms with Gasteiger partial charge in [-0.2, -0.15) is 0 Å². The van der Waals surface area contributed by atoms with Gasteiger partial charge in [-0.05, 0) is 18.4 Å². The SMILES string of the molecule is NC1CC(=Cc2ccccc2)C1. The van der Waals surface area contributed by atoms with Crippen molar-refractivity contribution in [2.45, 2.75) is 18.9 Å². The minimum Gasteiger partial charge on any atom is -0.327 e. The van der Waals surface area contributed by atoms with Crippen LogP contribution in [0.15, 0.2) is 35.9 Å². The number of nitrogens with two attached hydrogens (primary N) is 1. The molecule has 1 saturated carbocycles. The van der Waals surface area contributed by atoms with Crippen molar-refractivity contribution in [1.29, 1.82) is 0 Å². The highest BCUT2D eigenvalue weighted by Crippen LogP contribution is 2.26. The average molecular weight is 159 g/mol. The molecule has 1 fully saturated rings. The first-order valence-electron chi connectivity index (χ1n) is 4.34. The van der Waals surface area contributed by atoms with Crippen LogP contribution in [0.25, 0.3) is 6.08 Å². The Labute approximate surface area is 72.9 Å². The lowest BCUT2D eigenvalue weighted by Crippen LogP contribution is -2.29. The molecule has 0 radical (unpaired) electrons. The maximum atomic E-state index is 5.68. The van der Waals surface area contributed by atoms with Gasteiger partial charge in [-0.15, -0.1) is 0 Å². The summed E-state index contributed by atoms with van der Waals surface area (Å²) >= 11 is 0. The molecule has 0 saturated heterocycles. The van der Waals surface area contributed by atoms with E-state index in [0.29, 0.717) is 6.04 Å². The highest BCUT2D eigenvalue weighted by atomic mass is 14.7. The molecule has 0 amide bonds. The summed E-state index contributed by atoms with van der Waals surface area (Å²) in [5.74, 6) is 0. The van der Waals surface area contributed by atoms with Crippen molar-refractivity contribution in [2.24, 2.45) is 5.73 Å². The largest absolute Gasteiger partial charge is 0.327 e. The lowest BCUT2D eigenvalue weighted by atomic mass is 9.86. The standard InChI is InChI=1S/C11H13N/c12-11-7-10(8-11)6-9-4-2-1-3-5-9/h1-6,11H,7-8,12H2. The van der Waals surface area contributed by atoms with Crippen molar-refractivity contribution in [2.75, 3.05) is 0 Å². The maximum Gasteiger partial charge on any atom is 0.0114 e. The van der Waals surface area contributed by atoms with E-state index in [1.807, 2.05) is 6.07 Å². The van der Waals surface area contributed by atoms with Crippen LogP contribution in [0, 0.1) is 0 Å². The molecule has 62 valence electrons. The third-order valence-electron chi connectivity index (χ3n) is 2.22. The molecule has 12 heavy (non-hydrogen) atoms. The van der Waals surface area contributed by atoms with Crippen LogP contribution in [-0.2, 0) is 0 Å². The first-order valence-corrected chi connectivity index (χ1v) is 4.34. The van der Waals surface area contributed by atoms with E-state index in [1.165, 1.54) is 11.1 Å². The zero-order valence-electron chi connectivity index (χ0n) is 7.03. The Morgan fingerprint density at radius 2 is 1.83 bits per heavy atom. The van der Waals surface area contributed by atoms with E-state index < -0.39 is 0 Å². The zero-order chi connectivity index (χ0) is 8.39. The molecule has 0 aromatic heterocycles. The van der Waals surface area contributed by atoms with Crippen molar-refractivity contribution in [3.05, 3.63) is 41.5 Å². The van der Waals surface area contributed by atoms with E-state index in [4.69, 9.17) is 5.73 Å². The monoisotopic (exact) mass is 159 g/mol. The Morgan fingerprint density at radius 3 is 2.42 bits per heavy atom. The second-order valence-electron chi connectivity index (χ2n) is 3.38. The third kappa shape index (κ3) is 1.56. The Bertz CT molecular complexity index is 279. The average Bonchev–Trinajstić information content (AvgIpc) is 2.04. The molecule has 0 atom stereocenters. The molecule has 1 nitrogen and oxygen atoms in total. The summed E-state index contributed by atoms with van der Waals surface area (Å²) in [5, 5.41) is 0.